The molecule has 1 atom stereocenters. The molecule has 0 spiro atoms. The molecule has 0 fully saturated rings. The molecule has 2 aromatic heterocycles. The number of amides is 1. The Balaban J connectivity index is 1.74. The van der Waals surface area contributed by atoms with Gasteiger partial charge in [0.15, 0.2) is 5.82 Å². The first-order valence-corrected chi connectivity index (χ1v) is 11.3. The van der Waals surface area contributed by atoms with Crippen LogP contribution in [0.1, 0.15) is 47.8 Å². The molecule has 33 heavy (non-hydrogen) atoms. The quantitative estimate of drug-likeness (QED) is 0.575. The van der Waals surface area contributed by atoms with Crippen LogP contribution in [0.4, 0.5) is 11.6 Å². The van der Waals surface area contributed by atoms with Gasteiger partial charge in [0.2, 0.25) is 5.91 Å². The van der Waals surface area contributed by atoms with E-state index in [0.29, 0.717) is 37.6 Å². The van der Waals surface area contributed by atoms with Crippen LogP contribution in [-0.2, 0) is 24.2 Å². The number of pyridine rings is 1. The monoisotopic (exact) mass is 446 g/mol. The molecule has 1 aliphatic rings. The lowest BCUT2D eigenvalue weighted by Gasteiger charge is -2.26. The van der Waals surface area contributed by atoms with E-state index in [1.165, 1.54) is 5.56 Å². The molecule has 8 heteroatoms. The van der Waals surface area contributed by atoms with E-state index in [2.05, 4.69) is 22.1 Å². The fourth-order valence-corrected chi connectivity index (χ4v) is 4.43. The number of fused-ring (bicyclic) bond motifs is 1. The summed E-state index contributed by atoms with van der Waals surface area (Å²) < 4.78 is 1.57. The molecule has 8 nitrogen and oxygen atoms in total. The highest BCUT2D eigenvalue weighted by Gasteiger charge is 2.27. The summed E-state index contributed by atoms with van der Waals surface area (Å²) in [5.74, 6) is 0.297. The standard InChI is InChI=1S/C25H30N6O2/c1-17-19(11-12-22(26)29-17)16-30(14-13-18-7-3-2-4-8-18)24-25(33)31-20(15-28-24)9-5-6-10-21(31)23(27)32/h2-4,7-8,11-12,15,21H,5-6,9-10,13-14,16H2,1H3,(H2,26,29)(H2,27,32)/t21-/m0/s1. The molecule has 1 aliphatic heterocycles. The van der Waals surface area contributed by atoms with Crippen molar-refractivity contribution in [2.24, 2.45) is 5.73 Å². The highest BCUT2D eigenvalue weighted by molar-refractivity contribution is 5.78. The van der Waals surface area contributed by atoms with Gasteiger partial charge in [0, 0.05) is 30.7 Å². The molecule has 4 rings (SSSR count). The van der Waals surface area contributed by atoms with Crippen molar-refractivity contribution >= 4 is 17.5 Å². The fourth-order valence-electron chi connectivity index (χ4n) is 4.43. The summed E-state index contributed by atoms with van der Waals surface area (Å²) in [6.45, 7) is 2.94. The molecular weight excluding hydrogens is 416 g/mol. The molecule has 172 valence electrons. The van der Waals surface area contributed by atoms with Gasteiger partial charge in [-0.3, -0.25) is 14.2 Å². The second-order valence-electron chi connectivity index (χ2n) is 8.55. The van der Waals surface area contributed by atoms with Crippen LogP contribution in [0.25, 0.3) is 0 Å². The van der Waals surface area contributed by atoms with Crippen molar-refractivity contribution in [3.8, 4) is 0 Å². The Kier molecular flexibility index (Phi) is 6.72. The van der Waals surface area contributed by atoms with Crippen molar-refractivity contribution in [3.63, 3.8) is 0 Å². The predicted molar refractivity (Wildman–Crippen MR) is 129 cm³/mol. The maximum Gasteiger partial charge on any atom is 0.294 e. The van der Waals surface area contributed by atoms with Crippen LogP contribution in [0.15, 0.2) is 53.5 Å². The van der Waals surface area contributed by atoms with Crippen LogP contribution in [0, 0.1) is 6.92 Å². The largest absolute Gasteiger partial charge is 0.384 e. The first-order chi connectivity index (χ1) is 15.9. The van der Waals surface area contributed by atoms with Crippen molar-refractivity contribution < 1.29 is 4.79 Å². The molecule has 3 heterocycles. The van der Waals surface area contributed by atoms with E-state index < -0.39 is 11.9 Å². The van der Waals surface area contributed by atoms with E-state index in [9.17, 15) is 9.59 Å². The second kappa shape index (κ2) is 9.85. The zero-order valence-electron chi connectivity index (χ0n) is 18.9. The van der Waals surface area contributed by atoms with Gasteiger partial charge in [0.05, 0.1) is 0 Å². The minimum atomic E-state index is -0.646. The summed E-state index contributed by atoms with van der Waals surface area (Å²) in [4.78, 5) is 36.8. The first kappa shape index (κ1) is 22.5. The van der Waals surface area contributed by atoms with E-state index in [4.69, 9.17) is 11.5 Å². The minimum absolute atomic E-state index is 0.271. The lowest BCUT2D eigenvalue weighted by molar-refractivity contribution is -0.121. The normalized spacial score (nSPS) is 15.5. The Hall–Kier alpha value is -3.68. The third-order valence-electron chi connectivity index (χ3n) is 6.25. The maximum atomic E-state index is 13.7. The smallest absolute Gasteiger partial charge is 0.294 e. The Morgan fingerprint density at radius 1 is 1.18 bits per heavy atom. The number of carbonyl (C=O) groups excluding carboxylic acids is 1. The van der Waals surface area contributed by atoms with Crippen LogP contribution in [0.3, 0.4) is 0 Å². The molecule has 3 aromatic rings. The van der Waals surface area contributed by atoms with Gasteiger partial charge < -0.3 is 16.4 Å². The lowest BCUT2D eigenvalue weighted by atomic mass is 10.1. The summed E-state index contributed by atoms with van der Waals surface area (Å²) in [5.41, 5.74) is 14.9. The van der Waals surface area contributed by atoms with Crippen LogP contribution < -0.4 is 21.9 Å². The number of aromatic nitrogens is 3. The minimum Gasteiger partial charge on any atom is -0.384 e. The Bertz CT molecular complexity index is 1190. The molecule has 0 saturated heterocycles. The van der Waals surface area contributed by atoms with Crippen LogP contribution in [0.2, 0.25) is 0 Å². The number of nitrogen functional groups attached to an aromatic ring is 1. The third kappa shape index (κ3) is 5.05. The van der Waals surface area contributed by atoms with Crippen molar-refractivity contribution in [3.05, 3.63) is 81.5 Å². The Morgan fingerprint density at radius 2 is 1.97 bits per heavy atom. The molecule has 1 amide bonds. The van der Waals surface area contributed by atoms with Crippen LogP contribution >= 0.6 is 0 Å². The van der Waals surface area contributed by atoms with Crippen LogP contribution in [-0.4, -0.2) is 27.0 Å². The van der Waals surface area contributed by atoms with Gasteiger partial charge in [0.25, 0.3) is 5.56 Å². The molecule has 0 aliphatic carbocycles. The number of nitrogens with two attached hydrogens (primary N) is 2. The Morgan fingerprint density at radius 3 is 2.70 bits per heavy atom. The van der Waals surface area contributed by atoms with Gasteiger partial charge in [-0.25, -0.2) is 9.97 Å². The van der Waals surface area contributed by atoms with Crippen LogP contribution in [0.5, 0.6) is 0 Å². The number of carbonyl (C=O) groups is 1. The summed E-state index contributed by atoms with van der Waals surface area (Å²) in [6, 6.07) is 13.2. The average Bonchev–Trinajstić information content (AvgIpc) is 3.03. The number of aryl methyl sites for hydroxylation is 2. The van der Waals surface area contributed by atoms with E-state index >= 15 is 0 Å². The average molecular weight is 447 g/mol. The topological polar surface area (TPSA) is 120 Å². The number of anilines is 2. The summed E-state index contributed by atoms with van der Waals surface area (Å²) in [5, 5.41) is 0. The molecule has 0 radical (unpaired) electrons. The zero-order valence-corrected chi connectivity index (χ0v) is 18.9. The molecule has 0 bridgehead atoms. The molecule has 4 N–H and O–H groups in total. The number of rotatable bonds is 7. The molecule has 0 saturated carbocycles. The summed E-state index contributed by atoms with van der Waals surface area (Å²) in [6.07, 6.45) is 5.48. The first-order valence-electron chi connectivity index (χ1n) is 11.3. The van der Waals surface area contributed by atoms with E-state index in [-0.39, 0.29) is 5.56 Å². The molecular formula is C25H30N6O2. The summed E-state index contributed by atoms with van der Waals surface area (Å²) in [7, 11) is 0. The third-order valence-corrected chi connectivity index (χ3v) is 6.25. The summed E-state index contributed by atoms with van der Waals surface area (Å²) >= 11 is 0. The number of benzene rings is 1. The van der Waals surface area contributed by atoms with Crippen molar-refractivity contribution in [1.82, 2.24) is 14.5 Å². The second-order valence-corrected chi connectivity index (χ2v) is 8.55. The van der Waals surface area contributed by atoms with Gasteiger partial charge in [-0.2, -0.15) is 0 Å². The molecule has 0 unspecified atom stereocenters. The van der Waals surface area contributed by atoms with Gasteiger partial charge in [-0.05, 0) is 49.8 Å². The van der Waals surface area contributed by atoms with E-state index in [0.717, 1.165) is 36.2 Å². The SMILES string of the molecule is Cc1nc(N)ccc1CN(CCc1ccccc1)c1ncc2n(c1=O)[C@H](C(N)=O)CCCC2. The predicted octanol–water partition coefficient (Wildman–Crippen LogP) is 2.53. The van der Waals surface area contributed by atoms with Gasteiger partial charge in [-0.15, -0.1) is 0 Å². The van der Waals surface area contributed by atoms with Crippen molar-refractivity contribution in [2.45, 2.75) is 51.6 Å². The highest BCUT2D eigenvalue weighted by atomic mass is 16.2. The number of nitrogens with zero attached hydrogens (tertiary/aromatic N) is 4. The maximum absolute atomic E-state index is 13.7. The highest BCUT2D eigenvalue weighted by Crippen LogP contribution is 2.23. The Labute approximate surface area is 193 Å². The van der Waals surface area contributed by atoms with Crippen molar-refractivity contribution in [2.75, 3.05) is 17.2 Å². The van der Waals surface area contributed by atoms with Crippen molar-refractivity contribution in [1.29, 1.82) is 0 Å². The molecule has 1 aromatic carbocycles. The number of hydrogen-bond donors (Lipinski definition) is 2. The lowest BCUT2D eigenvalue weighted by Crippen LogP contribution is -2.40. The van der Waals surface area contributed by atoms with Gasteiger partial charge in [0.1, 0.15) is 11.9 Å². The van der Waals surface area contributed by atoms with Gasteiger partial charge in [-0.1, -0.05) is 42.8 Å². The number of primary amides is 1. The van der Waals surface area contributed by atoms with E-state index in [1.54, 1.807) is 16.8 Å². The number of hydrogen-bond acceptors (Lipinski definition) is 6. The van der Waals surface area contributed by atoms with E-state index in [1.807, 2.05) is 36.1 Å². The fraction of sp³-hybridized carbons (Fsp3) is 0.360. The zero-order chi connectivity index (χ0) is 23.4. The van der Waals surface area contributed by atoms with Gasteiger partial charge >= 0.3 is 0 Å².